The van der Waals surface area contributed by atoms with Crippen LogP contribution in [0.15, 0.2) is 12.1 Å². The van der Waals surface area contributed by atoms with E-state index in [1.54, 1.807) is 6.07 Å². The SMILES string of the molecule is COc1cc(NC2CCCC2C)c(F)cc1N. The molecule has 0 bridgehead atoms. The molecular weight excluding hydrogens is 219 g/mol. The molecule has 1 aliphatic carbocycles. The van der Waals surface area contributed by atoms with E-state index >= 15 is 0 Å². The summed E-state index contributed by atoms with van der Waals surface area (Å²) >= 11 is 0. The van der Waals surface area contributed by atoms with Gasteiger partial charge in [-0.1, -0.05) is 13.3 Å². The zero-order valence-corrected chi connectivity index (χ0v) is 10.3. The molecule has 94 valence electrons. The smallest absolute Gasteiger partial charge is 0.148 e. The highest BCUT2D eigenvalue weighted by molar-refractivity contribution is 5.62. The number of ether oxygens (including phenoxy) is 1. The normalized spacial score (nSPS) is 23.7. The highest BCUT2D eigenvalue weighted by Gasteiger charge is 2.24. The maximum absolute atomic E-state index is 13.7. The van der Waals surface area contributed by atoms with Crippen molar-refractivity contribution in [3.63, 3.8) is 0 Å². The topological polar surface area (TPSA) is 47.3 Å². The van der Waals surface area contributed by atoms with E-state index in [4.69, 9.17) is 10.5 Å². The van der Waals surface area contributed by atoms with Crippen molar-refractivity contribution < 1.29 is 9.13 Å². The van der Waals surface area contributed by atoms with Crippen molar-refractivity contribution in [2.24, 2.45) is 5.92 Å². The summed E-state index contributed by atoms with van der Waals surface area (Å²) in [4.78, 5) is 0. The number of rotatable bonds is 3. The molecule has 1 fully saturated rings. The third kappa shape index (κ3) is 2.46. The lowest BCUT2D eigenvalue weighted by Gasteiger charge is -2.20. The molecule has 2 rings (SSSR count). The van der Waals surface area contributed by atoms with E-state index in [1.165, 1.54) is 26.0 Å². The second-order valence-corrected chi connectivity index (χ2v) is 4.73. The van der Waals surface area contributed by atoms with Crippen LogP contribution in [-0.4, -0.2) is 13.2 Å². The summed E-state index contributed by atoms with van der Waals surface area (Å²) in [6.07, 6.45) is 3.49. The van der Waals surface area contributed by atoms with Crippen LogP contribution in [0.4, 0.5) is 15.8 Å². The van der Waals surface area contributed by atoms with Gasteiger partial charge < -0.3 is 15.8 Å². The Bertz CT molecular complexity index is 409. The fraction of sp³-hybridized carbons (Fsp3) is 0.538. The molecule has 0 spiro atoms. The molecule has 0 saturated heterocycles. The largest absolute Gasteiger partial charge is 0.495 e. The van der Waals surface area contributed by atoms with Crippen LogP contribution in [-0.2, 0) is 0 Å². The zero-order valence-electron chi connectivity index (χ0n) is 10.3. The quantitative estimate of drug-likeness (QED) is 0.796. The van der Waals surface area contributed by atoms with Crippen LogP contribution in [0, 0.1) is 11.7 Å². The first-order chi connectivity index (χ1) is 8.11. The Labute approximate surface area is 101 Å². The lowest BCUT2D eigenvalue weighted by Crippen LogP contribution is -2.22. The van der Waals surface area contributed by atoms with Gasteiger partial charge in [-0.25, -0.2) is 4.39 Å². The summed E-state index contributed by atoms with van der Waals surface area (Å²) in [6, 6.07) is 3.29. The zero-order chi connectivity index (χ0) is 12.4. The van der Waals surface area contributed by atoms with Crippen LogP contribution in [0.3, 0.4) is 0 Å². The van der Waals surface area contributed by atoms with Crippen LogP contribution in [0.1, 0.15) is 26.2 Å². The van der Waals surface area contributed by atoms with E-state index in [9.17, 15) is 4.39 Å². The molecule has 1 aromatic carbocycles. The Hall–Kier alpha value is -1.45. The summed E-state index contributed by atoms with van der Waals surface area (Å²) in [7, 11) is 1.53. The van der Waals surface area contributed by atoms with E-state index in [1.807, 2.05) is 0 Å². The molecule has 3 N–H and O–H groups in total. The Morgan fingerprint density at radius 3 is 2.76 bits per heavy atom. The third-order valence-corrected chi connectivity index (χ3v) is 3.52. The van der Waals surface area contributed by atoms with Crippen LogP contribution in [0.2, 0.25) is 0 Å². The minimum Gasteiger partial charge on any atom is -0.495 e. The van der Waals surface area contributed by atoms with E-state index in [0.717, 1.165) is 6.42 Å². The van der Waals surface area contributed by atoms with Crippen molar-refractivity contribution in [1.29, 1.82) is 0 Å². The van der Waals surface area contributed by atoms with Crippen molar-refractivity contribution in [3.05, 3.63) is 17.9 Å². The van der Waals surface area contributed by atoms with Crippen molar-refractivity contribution >= 4 is 11.4 Å². The predicted molar refractivity (Wildman–Crippen MR) is 67.8 cm³/mol. The number of nitrogens with one attached hydrogen (secondary N) is 1. The first-order valence-corrected chi connectivity index (χ1v) is 6.01. The van der Waals surface area contributed by atoms with Crippen molar-refractivity contribution in [3.8, 4) is 5.75 Å². The number of halogens is 1. The molecule has 0 amide bonds. The number of anilines is 2. The van der Waals surface area contributed by atoms with Crippen LogP contribution >= 0.6 is 0 Å². The van der Waals surface area contributed by atoms with Crippen LogP contribution in [0.25, 0.3) is 0 Å². The molecule has 0 aliphatic heterocycles. The van der Waals surface area contributed by atoms with Crippen molar-refractivity contribution in [2.45, 2.75) is 32.2 Å². The second kappa shape index (κ2) is 4.82. The first kappa shape index (κ1) is 12.0. The summed E-state index contributed by atoms with van der Waals surface area (Å²) in [6.45, 7) is 2.19. The lowest BCUT2D eigenvalue weighted by molar-refractivity contribution is 0.416. The number of nitrogens with two attached hydrogens (primary N) is 1. The minimum atomic E-state index is -0.317. The third-order valence-electron chi connectivity index (χ3n) is 3.52. The van der Waals surface area contributed by atoms with Crippen LogP contribution < -0.4 is 15.8 Å². The predicted octanol–water partition coefficient (Wildman–Crippen LogP) is 3.02. The number of benzene rings is 1. The van der Waals surface area contributed by atoms with Crippen molar-refractivity contribution in [2.75, 3.05) is 18.2 Å². The molecule has 17 heavy (non-hydrogen) atoms. The monoisotopic (exact) mass is 238 g/mol. The van der Waals surface area contributed by atoms with E-state index in [2.05, 4.69) is 12.2 Å². The van der Waals surface area contributed by atoms with Gasteiger partial charge in [0.25, 0.3) is 0 Å². The first-order valence-electron chi connectivity index (χ1n) is 6.01. The van der Waals surface area contributed by atoms with Crippen LogP contribution in [0.5, 0.6) is 5.75 Å². The average Bonchev–Trinajstić information content (AvgIpc) is 2.68. The molecule has 0 heterocycles. The Kier molecular flexibility index (Phi) is 3.41. The molecule has 1 aliphatic rings. The summed E-state index contributed by atoms with van der Waals surface area (Å²) in [5, 5.41) is 3.25. The summed E-state index contributed by atoms with van der Waals surface area (Å²) in [5.41, 5.74) is 6.45. The fourth-order valence-corrected chi connectivity index (χ4v) is 2.42. The highest BCUT2D eigenvalue weighted by atomic mass is 19.1. The number of methoxy groups -OCH3 is 1. The molecule has 0 aromatic heterocycles. The Morgan fingerprint density at radius 2 is 2.18 bits per heavy atom. The second-order valence-electron chi connectivity index (χ2n) is 4.73. The molecule has 2 atom stereocenters. The van der Waals surface area contributed by atoms with Gasteiger partial charge >= 0.3 is 0 Å². The van der Waals surface area contributed by atoms with Gasteiger partial charge in [-0.2, -0.15) is 0 Å². The minimum absolute atomic E-state index is 0.317. The van der Waals surface area contributed by atoms with Gasteiger partial charge in [0, 0.05) is 18.2 Å². The van der Waals surface area contributed by atoms with Gasteiger partial charge in [0.15, 0.2) is 0 Å². The molecule has 4 heteroatoms. The van der Waals surface area contributed by atoms with E-state index < -0.39 is 0 Å². The summed E-state index contributed by atoms with van der Waals surface area (Å²) in [5.74, 6) is 0.778. The lowest BCUT2D eigenvalue weighted by atomic mass is 10.1. The van der Waals surface area contributed by atoms with Gasteiger partial charge in [-0.15, -0.1) is 0 Å². The standard InChI is InChI=1S/C13H19FN2O/c1-8-4-3-5-11(8)16-12-7-13(17-2)10(15)6-9(12)14/h6-8,11,16H,3-5,15H2,1-2H3. The molecule has 3 nitrogen and oxygen atoms in total. The number of hydrogen-bond donors (Lipinski definition) is 2. The Balaban J connectivity index is 2.20. The van der Waals surface area contributed by atoms with Gasteiger partial charge in [-0.05, 0) is 18.8 Å². The molecule has 1 saturated carbocycles. The average molecular weight is 238 g/mol. The molecular formula is C13H19FN2O. The van der Waals surface area contributed by atoms with Gasteiger partial charge in [0.2, 0.25) is 0 Å². The molecule has 0 radical (unpaired) electrons. The van der Waals surface area contributed by atoms with Gasteiger partial charge in [0.05, 0.1) is 18.5 Å². The van der Waals surface area contributed by atoms with Gasteiger partial charge in [-0.3, -0.25) is 0 Å². The maximum Gasteiger partial charge on any atom is 0.148 e. The molecule has 2 unspecified atom stereocenters. The number of hydrogen-bond acceptors (Lipinski definition) is 3. The highest BCUT2D eigenvalue weighted by Crippen LogP contribution is 2.32. The summed E-state index contributed by atoms with van der Waals surface area (Å²) < 4.78 is 18.8. The maximum atomic E-state index is 13.7. The van der Waals surface area contributed by atoms with E-state index in [0.29, 0.717) is 29.1 Å². The fourth-order valence-electron chi connectivity index (χ4n) is 2.42. The molecule has 1 aromatic rings. The number of nitrogen functional groups attached to an aromatic ring is 1. The Morgan fingerprint density at radius 1 is 1.41 bits per heavy atom. The van der Waals surface area contributed by atoms with Gasteiger partial charge in [0.1, 0.15) is 11.6 Å². The van der Waals surface area contributed by atoms with E-state index in [-0.39, 0.29) is 5.82 Å². The van der Waals surface area contributed by atoms with Crippen molar-refractivity contribution in [1.82, 2.24) is 0 Å².